The van der Waals surface area contributed by atoms with E-state index in [4.69, 9.17) is 101 Å². The van der Waals surface area contributed by atoms with Gasteiger partial charge in [0.2, 0.25) is 35.3 Å². The summed E-state index contributed by atoms with van der Waals surface area (Å²) in [6.07, 6.45) is -11.5. The van der Waals surface area contributed by atoms with Gasteiger partial charge in [-0.25, -0.2) is 62.7 Å². The molecular formula is C72H112N12O33. The third-order valence-corrected chi connectivity index (χ3v) is 15.1. The van der Waals surface area contributed by atoms with Crippen molar-refractivity contribution in [3.63, 3.8) is 0 Å². The SMILES string of the molecule is C#CCOCCOCCOCCOCCNC(=O)N(CCOCCN(C)C(=O)O[C@@H]([C@@H]1OC(C(=O)OC)=C[C@H](N=C(NC(=O)OC(C)(C)C)NC(=O)OC(C)(C)C)[C@H]1NC(C)=O)[C@H]1COC(=O)O1)CCOCCN(C)C(=O)O[C@@H]([C@@H]1OC(C(=O)OC)=C[C@H](N=C(NC(=O)OC(C)(C)C)NC(=O)OC(C)(C)C)[C@H]1NC(C)=O)[C@H]1COC(=O)O1. The molecule has 0 bridgehead atoms. The quantitative estimate of drug-likeness (QED) is 0.0117. The number of rotatable bonds is 37. The number of carbonyl (C=O) groups excluding carboxylic acids is 13. The number of hydrogen-bond acceptors (Lipinski definition) is 35. The normalized spacial score (nSPS) is 19.4. The smallest absolute Gasteiger partial charge is 0.477 e. The molecule has 4 aliphatic rings. The number of aliphatic imine (C=N–C) groups is 2. The number of methoxy groups -OCH3 is 2. The first-order chi connectivity index (χ1) is 54.9. The Morgan fingerprint density at radius 1 is 0.487 bits per heavy atom. The first-order valence-electron chi connectivity index (χ1n) is 36.9. The number of ether oxygens (including phenoxy) is 20. The van der Waals surface area contributed by atoms with Crippen molar-refractivity contribution in [2.75, 3.05) is 154 Å². The summed E-state index contributed by atoms with van der Waals surface area (Å²) in [5.41, 5.74) is -4.23. The van der Waals surface area contributed by atoms with Gasteiger partial charge >= 0.3 is 66.8 Å². The van der Waals surface area contributed by atoms with Gasteiger partial charge in [0, 0.05) is 60.7 Å². The molecule has 117 heavy (non-hydrogen) atoms. The fraction of sp³-hybridized carbons (Fsp3) is 0.708. The Morgan fingerprint density at radius 2 is 0.812 bits per heavy atom. The first-order valence-corrected chi connectivity index (χ1v) is 36.9. The molecule has 4 rings (SSSR count). The molecule has 0 saturated carbocycles. The van der Waals surface area contributed by atoms with E-state index >= 15 is 0 Å². The monoisotopic (exact) mass is 1670 g/mol. The molecule has 4 heterocycles. The lowest BCUT2D eigenvalue weighted by molar-refractivity contribution is -0.148. The molecule has 0 aromatic rings. The van der Waals surface area contributed by atoms with Gasteiger partial charge in [0.15, 0.2) is 36.6 Å². The molecule has 0 aliphatic carbocycles. The van der Waals surface area contributed by atoms with Gasteiger partial charge in [-0.1, -0.05) is 5.92 Å². The van der Waals surface area contributed by atoms with Gasteiger partial charge in [0.05, 0.1) is 111 Å². The van der Waals surface area contributed by atoms with Gasteiger partial charge < -0.3 is 125 Å². The molecule has 0 spiro atoms. The highest BCUT2D eigenvalue weighted by molar-refractivity contribution is 6.02. The molecule has 2 fully saturated rings. The summed E-state index contributed by atoms with van der Waals surface area (Å²) in [5.74, 6) is -3.65. The molecule has 0 unspecified atom stereocenters. The molecule has 2 saturated heterocycles. The summed E-state index contributed by atoms with van der Waals surface area (Å²) in [5, 5.41) is 17.4. The molecular weight excluding hydrogens is 1560 g/mol. The van der Waals surface area contributed by atoms with Crippen molar-refractivity contribution in [2.24, 2.45) is 9.98 Å². The largest absolute Gasteiger partial charge is 0.508 e. The number of nitrogens with one attached hydrogen (secondary N) is 7. The number of guanidine groups is 2. The summed E-state index contributed by atoms with van der Waals surface area (Å²) in [6, 6.07) is -6.62. The summed E-state index contributed by atoms with van der Waals surface area (Å²) in [6.45, 7) is 20.6. The Balaban J connectivity index is 1.54. The number of cyclic esters (lactones) is 4. The minimum atomic E-state index is -1.76. The Kier molecular flexibility index (Phi) is 40.3. The van der Waals surface area contributed by atoms with E-state index in [2.05, 4.69) is 53.1 Å². The third-order valence-electron chi connectivity index (χ3n) is 15.1. The Hall–Kier alpha value is -10.9. The highest BCUT2D eigenvalue weighted by Crippen LogP contribution is 2.32. The second kappa shape index (κ2) is 47.9. The summed E-state index contributed by atoms with van der Waals surface area (Å²) < 4.78 is 110. The standard InChI is InChI=1S/C72H112N12O33/c1-20-26-100-32-34-104-36-37-105-35-33-101-27-21-73-60(89)84(24-30-102-28-22-82(16)65(94)112-52(48-40-106-67(96)110-48)54-50(74-42(2)85)44(38-46(108-54)56(87)98-18)76-58(78-61(90)114-69(4,5)6)79-62(91)115-70(7,8)9)25-31-103-29-23-83(17)66(95)113-53(49-41-107-68(97)111-49)55-51(75-43(3)86)45(39-47(109-55)57(88)99-19)77-59(80-63(92)116-71(10,11)12)81-64(93)117-72(13,14)15/h1,38-39,44-45,48-55H,21-37,40-41H2,2-19H3,(H,73,89)(H,74,85)(H,75,86)(H2,76,78,79,90,91)(H2,77,80,81,92,93)/t44-,45-,48+,49+,50+,51+,52+,53+,54+,55+/m0/s1. The van der Waals surface area contributed by atoms with Crippen molar-refractivity contribution in [1.29, 1.82) is 0 Å². The van der Waals surface area contributed by atoms with Crippen LogP contribution in [0.25, 0.3) is 0 Å². The van der Waals surface area contributed by atoms with E-state index in [0.29, 0.717) is 19.8 Å². The second-order valence-corrected chi connectivity index (χ2v) is 29.6. The Bertz CT molecular complexity index is 3280. The highest BCUT2D eigenvalue weighted by Gasteiger charge is 2.53. The van der Waals surface area contributed by atoms with Crippen molar-refractivity contribution in [1.82, 2.24) is 51.9 Å². The lowest BCUT2D eigenvalue weighted by atomic mass is 9.92. The Morgan fingerprint density at radius 3 is 1.12 bits per heavy atom. The number of likely N-dealkylation sites (N-methyl/N-ethyl adjacent to an activating group) is 2. The van der Waals surface area contributed by atoms with Crippen LogP contribution in [0.4, 0.5) is 43.2 Å². The fourth-order valence-corrected chi connectivity index (χ4v) is 10.2. The Labute approximate surface area is 677 Å². The zero-order valence-corrected chi connectivity index (χ0v) is 69.1. The predicted molar refractivity (Wildman–Crippen MR) is 402 cm³/mol. The molecule has 7 N–H and O–H groups in total. The van der Waals surface area contributed by atoms with E-state index in [1.54, 1.807) is 83.1 Å². The lowest BCUT2D eigenvalue weighted by Gasteiger charge is -2.40. The van der Waals surface area contributed by atoms with E-state index in [1.807, 2.05) is 0 Å². The minimum absolute atomic E-state index is 0.0323. The minimum Gasteiger partial charge on any atom is -0.477 e. The van der Waals surface area contributed by atoms with Crippen LogP contribution in [0, 0.1) is 12.3 Å². The predicted octanol–water partition coefficient (Wildman–Crippen LogP) is 2.14. The molecule has 10 amide bonds. The molecule has 0 radical (unpaired) electrons. The number of hydrogen-bond donors (Lipinski definition) is 7. The van der Waals surface area contributed by atoms with Crippen molar-refractivity contribution < 1.29 is 157 Å². The number of esters is 2. The molecule has 0 aromatic heterocycles. The fourth-order valence-electron chi connectivity index (χ4n) is 10.2. The number of nitrogens with zero attached hydrogens (tertiary/aromatic N) is 5. The third kappa shape index (κ3) is 38.1. The average Bonchev–Trinajstić information content (AvgIpc) is 1.74. The topological polar surface area (TPSA) is 525 Å². The van der Waals surface area contributed by atoms with Gasteiger partial charge in [-0.15, -0.1) is 6.42 Å². The lowest BCUT2D eigenvalue weighted by Crippen LogP contribution is -2.61. The van der Waals surface area contributed by atoms with Gasteiger partial charge in [-0.05, 0) is 95.2 Å². The van der Waals surface area contributed by atoms with E-state index in [0.717, 1.165) is 50.0 Å². The summed E-state index contributed by atoms with van der Waals surface area (Å²) in [7, 11) is 4.68. The number of alkyl carbamates (subject to hydrolysis) is 4. The number of carbonyl (C=O) groups is 13. The second-order valence-electron chi connectivity index (χ2n) is 29.6. The van der Waals surface area contributed by atoms with Gasteiger partial charge in [0.1, 0.15) is 42.2 Å². The van der Waals surface area contributed by atoms with Crippen molar-refractivity contribution in [2.45, 2.75) is 180 Å². The van der Waals surface area contributed by atoms with E-state index in [-0.39, 0.29) is 92.2 Å². The van der Waals surface area contributed by atoms with Gasteiger partial charge in [0.25, 0.3) is 0 Å². The van der Waals surface area contributed by atoms with Crippen LogP contribution >= 0.6 is 0 Å². The number of terminal acetylenes is 1. The van der Waals surface area contributed by atoms with Crippen molar-refractivity contribution >= 4 is 90.6 Å². The summed E-state index contributed by atoms with van der Waals surface area (Å²) in [4.78, 5) is 185. The van der Waals surface area contributed by atoms with Crippen molar-refractivity contribution in [3.05, 3.63) is 23.7 Å². The van der Waals surface area contributed by atoms with Crippen LogP contribution in [-0.4, -0.2) is 342 Å². The van der Waals surface area contributed by atoms with Crippen LogP contribution in [0.5, 0.6) is 0 Å². The molecule has 658 valence electrons. The molecule has 10 atom stereocenters. The summed E-state index contributed by atoms with van der Waals surface area (Å²) >= 11 is 0. The van der Waals surface area contributed by atoms with Crippen LogP contribution in [0.2, 0.25) is 0 Å². The molecule has 0 aromatic carbocycles. The maximum absolute atomic E-state index is 14.2. The number of amides is 10. The van der Waals surface area contributed by atoms with Crippen LogP contribution in [-0.2, 0) is 114 Å². The van der Waals surface area contributed by atoms with E-state index in [1.165, 1.54) is 19.0 Å². The molecule has 45 nitrogen and oxygen atoms in total. The molecule has 45 heteroatoms. The first kappa shape index (κ1) is 98.4. The maximum atomic E-state index is 14.2. The van der Waals surface area contributed by atoms with Crippen molar-refractivity contribution in [3.8, 4) is 12.3 Å². The van der Waals surface area contributed by atoms with Crippen LogP contribution < -0.4 is 37.2 Å². The molecule has 4 aliphatic heterocycles. The number of urea groups is 1. The van der Waals surface area contributed by atoms with E-state index < -0.39 is 199 Å². The highest BCUT2D eigenvalue weighted by atomic mass is 16.8. The van der Waals surface area contributed by atoms with Gasteiger partial charge in [-0.2, -0.15) is 0 Å². The zero-order chi connectivity index (χ0) is 87.4. The average molecular weight is 1670 g/mol. The zero-order valence-electron chi connectivity index (χ0n) is 69.1. The van der Waals surface area contributed by atoms with Crippen LogP contribution in [0.15, 0.2) is 33.7 Å². The maximum Gasteiger partial charge on any atom is 0.508 e. The van der Waals surface area contributed by atoms with Crippen LogP contribution in [0.1, 0.15) is 96.9 Å². The van der Waals surface area contributed by atoms with Gasteiger partial charge in [-0.3, -0.25) is 30.9 Å². The van der Waals surface area contributed by atoms with Crippen LogP contribution in [0.3, 0.4) is 0 Å². The van der Waals surface area contributed by atoms with E-state index in [9.17, 15) is 62.3 Å².